The van der Waals surface area contributed by atoms with Crippen molar-refractivity contribution in [2.45, 2.75) is 46.5 Å². The molecule has 1 aliphatic heterocycles. The van der Waals surface area contributed by atoms with Crippen LogP contribution in [0.25, 0.3) is 11.1 Å². The summed E-state index contributed by atoms with van der Waals surface area (Å²) in [5.74, 6) is -0.302. The van der Waals surface area contributed by atoms with Gasteiger partial charge in [-0.05, 0) is 41.5 Å². The standard InChI is InChI=1S/C22H15F6NO3.2C2H6/c23-21(24,25)31-15-6-1-4-13(10-15)17-8-3-9-18-20(17)30-12-19(29-18)14-5-2-7-16(11-14)32-22(26,27)28;2*1-2/h1-11,19,29H,12H2;2*1-2H3/t19-;;/m1../s1. The van der Waals surface area contributed by atoms with Gasteiger partial charge >= 0.3 is 12.7 Å². The Labute approximate surface area is 205 Å². The van der Waals surface area contributed by atoms with E-state index in [0.29, 0.717) is 28.1 Å². The first-order valence-corrected chi connectivity index (χ1v) is 11.3. The fraction of sp³-hybridized carbons (Fsp3) is 0.308. The Kier molecular flexibility index (Phi) is 9.89. The molecule has 196 valence electrons. The maximum Gasteiger partial charge on any atom is 0.573 e. The minimum absolute atomic E-state index is 0.0816. The summed E-state index contributed by atoms with van der Waals surface area (Å²) in [4.78, 5) is 0. The van der Waals surface area contributed by atoms with Gasteiger partial charge in [-0.1, -0.05) is 64.1 Å². The molecule has 0 spiro atoms. The summed E-state index contributed by atoms with van der Waals surface area (Å²) in [6.45, 7) is 8.08. The number of hydrogen-bond acceptors (Lipinski definition) is 4. The van der Waals surface area contributed by atoms with Crippen molar-refractivity contribution in [3.63, 3.8) is 0 Å². The van der Waals surface area contributed by atoms with Gasteiger partial charge in [0.25, 0.3) is 0 Å². The second kappa shape index (κ2) is 12.4. The number of alkyl halides is 6. The number of ether oxygens (including phenoxy) is 3. The number of rotatable bonds is 4. The third-order valence-electron chi connectivity index (χ3n) is 4.61. The zero-order valence-corrected chi connectivity index (χ0v) is 20.1. The van der Waals surface area contributed by atoms with E-state index in [1.54, 1.807) is 30.3 Å². The molecule has 4 nitrogen and oxygen atoms in total. The van der Waals surface area contributed by atoms with Crippen LogP contribution in [0.5, 0.6) is 17.2 Å². The van der Waals surface area contributed by atoms with Crippen molar-refractivity contribution in [3.8, 4) is 28.4 Å². The van der Waals surface area contributed by atoms with Crippen LogP contribution in [0, 0.1) is 0 Å². The fourth-order valence-corrected chi connectivity index (χ4v) is 3.40. The van der Waals surface area contributed by atoms with Gasteiger partial charge in [-0.3, -0.25) is 0 Å². The van der Waals surface area contributed by atoms with Crippen molar-refractivity contribution >= 4 is 5.69 Å². The van der Waals surface area contributed by atoms with Gasteiger partial charge in [-0.2, -0.15) is 0 Å². The van der Waals surface area contributed by atoms with Gasteiger partial charge in [-0.25, -0.2) is 0 Å². The van der Waals surface area contributed by atoms with E-state index in [9.17, 15) is 26.3 Å². The lowest BCUT2D eigenvalue weighted by atomic mass is 10.0. The average molecular weight is 515 g/mol. The molecule has 1 atom stereocenters. The van der Waals surface area contributed by atoms with E-state index in [0.717, 1.165) is 0 Å². The highest BCUT2D eigenvalue weighted by Gasteiger charge is 2.32. The molecule has 1 aliphatic rings. The van der Waals surface area contributed by atoms with Crippen molar-refractivity contribution < 1.29 is 40.6 Å². The fourth-order valence-electron chi connectivity index (χ4n) is 3.40. The van der Waals surface area contributed by atoms with Gasteiger partial charge in [0, 0.05) is 5.56 Å². The Bertz CT molecular complexity index is 1120. The van der Waals surface area contributed by atoms with Gasteiger partial charge in [0.2, 0.25) is 0 Å². The van der Waals surface area contributed by atoms with E-state index in [-0.39, 0.29) is 18.1 Å². The number of para-hydroxylation sites is 1. The van der Waals surface area contributed by atoms with Crippen molar-refractivity contribution in [1.82, 2.24) is 0 Å². The summed E-state index contributed by atoms with van der Waals surface area (Å²) in [6.07, 6.45) is -9.62. The van der Waals surface area contributed by atoms with Crippen LogP contribution in [0.4, 0.5) is 32.0 Å². The molecule has 0 amide bonds. The number of fused-ring (bicyclic) bond motifs is 1. The predicted octanol–water partition coefficient (Wildman–Crippen LogP) is 8.75. The highest BCUT2D eigenvalue weighted by molar-refractivity contribution is 5.79. The van der Waals surface area contributed by atoms with Gasteiger partial charge < -0.3 is 19.5 Å². The molecule has 0 radical (unpaired) electrons. The van der Waals surface area contributed by atoms with Crippen LogP contribution in [-0.2, 0) is 0 Å². The first-order chi connectivity index (χ1) is 17.1. The van der Waals surface area contributed by atoms with E-state index < -0.39 is 18.8 Å². The van der Waals surface area contributed by atoms with E-state index in [2.05, 4.69) is 14.8 Å². The minimum atomic E-state index is -4.82. The summed E-state index contributed by atoms with van der Waals surface area (Å²) in [6, 6.07) is 15.6. The van der Waals surface area contributed by atoms with Gasteiger partial charge in [0.05, 0.1) is 11.7 Å². The third-order valence-corrected chi connectivity index (χ3v) is 4.61. The molecule has 0 aromatic heterocycles. The zero-order valence-electron chi connectivity index (χ0n) is 20.1. The first-order valence-electron chi connectivity index (χ1n) is 11.3. The highest BCUT2D eigenvalue weighted by Crippen LogP contribution is 2.42. The lowest BCUT2D eigenvalue weighted by Crippen LogP contribution is -2.24. The topological polar surface area (TPSA) is 39.7 Å². The van der Waals surface area contributed by atoms with Crippen LogP contribution in [0.3, 0.4) is 0 Å². The molecular weight excluding hydrogens is 488 g/mol. The Morgan fingerprint density at radius 2 is 1.31 bits per heavy atom. The largest absolute Gasteiger partial charge is 0.573 e. The third kappa shape index (κ3) is 8.00. The van der Waals surface area contributed by atoms with Crippen molar-refractivity contribution in [2.24, 2.45) is 0 Å². The summed E-state index contributed by atoms with van der Waals surface area (Å²) in [7, 11) is 0. The smallest absolute Gasteiger partial charge is 0.488 e. The van der Waals surface area contributed by atoms with Crippen LogP contribution in [-0.4, -0.2) is 19.3 Å². The maximum atomic E-state index is 12.5. The Balaban J connectivity index is 0.00000109. The number of halogens is 6. The summed E-state index contributed by atoms with van der Waals surface area (Å²) >= 11 is 0. The Hall–Kier alpha value is -3.56. The predicted molar refractivity (Wildman–Crippen MR) is 126 cm³/mol. The summed E-state index contributed by atoms with van der Waals surface area (Å²) in [5.41, 5.74) is 2.05. The molecular formula is C26H27F6NO3. The number of benzene rings is 3. The summed E-state index contributed by atoms with van der Waals surface area (Å²) < 4.78 is 89.0. The first kappa shape index (κ1) is 28.7. The molecule has 0 saturated carbocycles. The zero-order chi connectivity index (χ0) is 26.9. The van der Waals surface area contributed by atoms with Crippen LogP contribution in [0.15, 0.2) is 66.7 Å². The van der Waals surface area contributed by atoms with Crippen LogP contribution >= 0.6 is 0 Å². The van der Waals surface area contributed by atoms with E-state index in [4.69, 9.17) is 4.74 Å². The molecule has 0 aliphatic carbocycles. The molecule has 0 unspecified atom stereocenters. The van der Waals surface area contributed by atoms with Crippen LogP contribution in [0.1, 0.15) is 39.3 Å². The van der Waals surface area contributed by atoms with Crippen molar-refractivity contribution in [3.05, 3.63) is 72.3 Å². The maximum absolute atomic E-state index is 12.5. The molecule has 0 bridgehead atoms. The van der Waals surface area contributed by atoms with Gasteiger partial charge in [0.1, 0.15) is 23.9 Å². The molecule has 3 aromatic carbocycles. The molecule has 36 heavy (non-hydrogen) atoms. The molecule has 10 heteroatoms. The van der Waals surface area contributed by atoms with Crippen molar-refractivity contribution in [2.75, 3.05) is 11.9 Å². The Morgan fingerprint density at radius 3 is 1.92 bits per heavy atom. The number of nitrogens with one attached hydrogen (secondary N) is 1. The quantitative estimate of drug-likeness (QED) is 0.353. The molecule has 1 heterocycles. The van der Waals surface area contributed by atoms with Crippen molar-refractivity contribution in [1.29, 1.82) is 0 Å². The van der Waals surface area contributed by atoms with E-state index in [1.165, 1.54) is 36.4 Å². The lowest BCUT2D eigenvalue weighted by Gasteiger charge is -2.29. The summed E-state index contributed by atoms with van der Waals surface area (Å²) in [5, 5.41) is 3.19. The molecule has 0 saturated heterocycles. The lowest BCUT2D eigenvalue weighted by molar-refractivity contribution is -0.275. The second-order valence-corrected chi connectivity index (χ2v) is 6.89. The second-order valence-electron chi connectivity index (χ2n) is 6.89. The average Bonchev–Trinajstić information content (AvgIpc) is 2.84. The van der Waals surface area contributed by atoms with E-state index >= 15 is 0 Å². The van der Waals surface area contributed by atoms with E-state index in [1.807, 2.05) is 27.7 Å². The van der Waals surface area contributed by atoms with Gasteiger partial charge in [0.15, 0.2) is 0 Å². The molecule has 0 fully saturated rings. The molecule has 1 N–H and O–H groups in total. The monoisotopic (exact) mass is 515 g/mol. The Morgan fingerprint density at radius 1 is 0.750 bits per heavy atom. The molecule has 4 rings (SSSR count). The number of hydrogen-bond donors (Lipinski definition) is 1. The minimum Gasteiger partial charge on any atom is -0.488 e. The van der Waals surface area contributed by atoms with Crippen LogP contribution in [0.2, 0.25) is 0 Å². The highest BCUT2D eigenvalue weighted by atomic mass is 19.4. The molecule has 3 aromatic rings. The normalized spacial score (nSPS) is 14.4. The SMILES string of the molecule is CC.CC.FC(F)(F)Oc1cccc(-c2cccc3c2OC[C@H](c2cccc(OC(F)(F)F)c2)N3)c1. The van der Waals surface area contributed by atoms with Gasteiger partial charge in [-0.15, -0.1) is 26.3 Å². The number of anilines is 1. The van der Waals surface area contributed by atoms with Crippen LogP contribution < -0.4 is 19.5 Å².